The fraction of sp³-hybridized carbons (Fsp3) is 0. The maximum atomic E-state index is 5.58. The van der Waals surface area contributed by atoms with Crippen molar-refractivity contribution in [2.24, 2.45) is 0 Å². The summed E-state index contributed by atoms with van der Waals surface area (Å²) in [6.45, 7) is 0. The quantitative estimate of drug-likeness (QED) is 0.714. The molecule has 2 aromatic rings. The van der Waals surface area contributed by atoms with Gasteiger partial charge in [0.25, 0.3) is 0 Å². The number of nitrogens with zero attached hydrogens (tertiary/aromatic N) is 1. The van der Waals surface area contributed by atoms with Crippen molar-refractivity contribution in [3.8, 4) is 23.0 Å². The van der Waals surface area contributed by atoms with Crippen LogP contribution in [-0.4, -0.2) is 12.4 Å². The molecule has 2 aliphatic rings. The zero-order chi connectivity index (χ0) is 11.9. The maximum absolute atomic E-state index is 5.58. The van der Waals surface area contributed by atoms with Crippen molar-refractivity contribution in [2.75, 3.05) is 0 Å². The van der Waals surface area contributed by atoms with Crippen molar-refractivity contribution in [2.45, 2.75) is 0 Å². The van der Waals surface area contributed by atoms with Crippen LogP contribution in [0, 0.1) is 0 Å². The van der Waals surface area contributed by atoms with Crippen molar-refractivity contribution in [3.63, 3.8) is 0 Å². The molecule has 0 radical (unpaired) electrons. The van der Waals surface area contributed by atoms with Crippen LogP contribution >= 0.6 is 0 Å². The van der Waals surface area contributed by atoms with E-state index in [9.17, 15) is 0 Å². The Morgan fingerprint density at radius 2 is 1.11 bits per heavy atom. The lowest BCUT2D eigenvalue weighted by molar-refractivity contribution is -0.166. The molecule has 0 aliphatic carbocycles. The highest BCUT2D eigenvalue weighted by atomic mass is 17.0. The van der Waals surface area contributed by atoms with E-state index in [0.717, 1.165) is 0 Å². The van der Waals surface area contributed by atoms with Gasteiger partial charge in [-0.2, -0.15) is 0 Å². The van der Waals surface area contributed by atoms with Gasteiger partial charge in [-0.05, 0) is 24.3 Å². The molecule has 6 heteroatoms. The molecule has 0 spiro atoms. The van der Waals surface area contributed by atoms with Crippen LogP contribution in [-0.2, 0) is 0 Å². The third-order valence-corrected chi connectivity index (χ3v) is 2.70. The normalized spacial score (nSPS) is 16.1. The Bertz CT molecular complexity index is 503. The van der Waals surface area contributed by atoms with Crippen LogP contribution in [0.25, 0.3) is 0 Å². The minimum atomic E-state index is -0.741. The van der Waals surface area contributed by atoms with Gasteiger partial charge >= 0.3 is 7.25 Å². The molecule has 4 rings (SSSR count). The molecule has 2 aromatic carbocycles. The van der Waals surface area contributed by atoms with E-state index in [1.54, 1.807) is 0 Å². The number of fused-ring (bicyclic) bond motifs is 2. The second-order valence-electron chi connectivity index (χ2n) is 3.90. The van der Waals surface area contributed by atoms with Crippen LogP contribution in [0.3, 0.4) is 0 Å². The first kappa shape index (κ1) is 9.67. The summed E-state index contributed by atoms with van der Waals surface area (Å²) in [6.07, 6.45) is 0. The smallest absolute Gasteiger partial charge is 0.505 e. The second-order valence-corrected chi connectivity index (χ2v) is 3.90. The van der Waals surface area contributed by atoms with E-state index in [0.29, 0.717) is 23.0 Å². The third kappa shape index (κ3) is 1.39. The predicted molar refractivity (Wildman–Crippen MR) is 63.0 cm³/mol. The molecular weight excluding hydrogens is 233 g/mol. The number of hydrogen-bond acceptors (Lipinski definition) is 5. The van der Waals surface area contributed by atoms with Crippen LogP contribution in [0.1, 0.15) is 0 Å². The number of hydrogen-bond donors (Lipinski definition) is 0. The standard InChI is InChI=1S/C12H8BNO4/c1-2-6-10-9(5-1)15-13(16-10)14-17-11-7-3-4-8-12(11)18-14/h1-8H. The van der Waals surface area contributed by atoms with Gasteiger partial charge in [-0.1, -0.05) is 24.3 Å². The molecule has 88 valence electrons. The molecule has 0 saturated carbocycles. The summed E-state index contributed by atoms with van der Waals surface area (Å²) < 4.78 is 11.2. The maximum Gasteiger partial charge on any atom is 0.774 e. The van der Waals surface area contributed by atoms with Gasteiger partial charge in [0.05, 0.1) is 5.14 Å². The van der Waals surface area contributed by atoms with Gasteiger partial charge in [-0.15, -0.1) is 0 Å². The van der Waals surface area contributed by atoms with Crippen molar-refractivity contribution >= 4 is 7.25 Å². The van der Waals surface area contributed by atoms with E-state index in [1.807, 2.05) is 48.5 Å². The van der Waals surface area contributed by atoms with Gasteiger partial charge in [0.1, 0.15) is 11.5 Å². The first-order valence-corrected chi connectivity index (χ1v) is 5.57. The van der Waals surface area contributed by atoms with Crippen molar-refractivity contribution in [1.82, 2.24) is 5.14 Å². The Morgan fingerprint density at radius 3 is 1.61 bits per heavy atom. The molecular formula is C12H8BNO4. The van der Waals surface area contributed by atoms with Gasteiger partial charge in [0, 0.05) is 0 Å². The van der Waals surface area contributed by atoms with Crippen LogP contribution < -0.4 is 19.0 Å². The molecule has 0 amide bonds. The fourth-order valence-corrected chi connectivity index (χ4v) is 1.87. The van der Waals surface area contributed by atoms with Gasteiger partial charge in [-0.25, -0.2) is 0 Å². The van der Waals surface area contributed by atoms with Gasteiger partial charge in [0.15, 0.2) is 11.5 Å². The summed E-state index contributed by atoms with van der Waals surface area (Å²) in [5, 5.41) is 1.20. The Morgan fingerprint density at radius 1 is 0.667 bits per heavy atom. The third-order valence-electron chi connectivity index (χ3n) is 2.70. The average molecular weight is 241 g/mol. The first-order valence-electron chi connectivity index (χ1n) is 5.57. The van der Waals surface area contributed by atoms with E-state index >= 15 is 0 Å². The Hall–Kier alpha value is -2.34. The Labute approximate surface area is 104 Å². The zero-order valence-electron chi connectivity index (χ0n) is 9.28. The van der Waals surface area contributed by atoms with E-state index in [4.69, 9.17) is 19.0 Å². The molecule has 0 atom stereocenters. The van der Waals surface area contributed by atoms with Crippen molar-refractivity contribution < 1.29 is 19.0 Å². The zero-order valence-corrected chi connectivity index (χ0v) is 9.28. The summed E-state index contributed by atoms with van der Waals surface area (Å²) in [7, 11) is -0.741. The monoisotopic (exact) mass is 241 g/mol. The minimum Gasteiger partial charge on any atom is -0.505 e. The highest BCUT2D eigenvalue weighted by Crippen LogP contribution is 2.38. The fourth-order valence-electron chi connectivity index (χ4n) is 1.87. The number of benzene rings is 2. The summed E-state index contributed by atoms with van der Waals surface area (Å²) >= 11 is 0. The molecule has 2 heterocycles. The summed E-state index contributed by atoms with van der Waals surface area (Å²) in [5.74, 6) is 2.62. The second kappa shape index (κ2) is 3.58. The largest absolute Gasteiger partial charge is 0.774 e. The van der Waals surface area contributed by atoms with Gasteiger partial charge < -0.3 is 19.0 Å². The van der Waals surface area contributed by atoms with E-state index in [1.165, 1.54) is 5.14 Å². The minimum absolute atomic E-state index is 0.639. The SMILES string of the molecule is c1ccc2c(c1)OB(N1Oc3ccccc3O1)O2. The number of rotatable bonds is 1. The van der Waals surface area contributed by atoms with E-state index < -0.39 is 7.25 Å². The van der Waals surface area contributed by atoms with Crippen LogP contribution in [0.5, 0.6) is 23.0 Å². The molecule has 5 nitrogen and oxygen atoms in total. The summed E-state index contributed by atoms with van der Waals surface area (Å²) in [4.78, 5) is 11.0. The van der Waals surface area contributed by atoms with Crippen LogP contribution in [0.4, 0.5) is 0 Å². The van der Waals surface area contributed by atoms with Gasteiger partial charge in [0.2, 0.25) is 0 Å². The molecule has 0 saturated heterocycles. The van der Waals surface area contributed by atoms with Crippen molar-refractivity contribution in [1.29, 1.82) is 0 Å². The highest BCUT2D eigenvalue weighted by Gasteiger charge is 2.47. The van der Waals surface area contributed by atoms with Crippen molar-refractivity contribution in [3.05, 3.63) is 48.5 Å². The summed E-state index contributed by atoms with van der Waals surface area (Å²) in [5.41, 5.74) is 0. The number of para-hydroxylation sites is 4. The molecule has 0 N–H and O–H groups in total. The Balaban J connectivity index is 1.56. The first-order chi connectivity index (χ1) is 8.90. The predicted octanol–water partition coefficient (Wildman–Crippen LogP) is 2.05. The average Bonchev–Trinajstić information content (AvgIpc) is 3.02. The lowest BCUT2D eigenvalue weighted by Gasteiger charge is -2.12. The Kier molecular flexibility index (Phi) is 1.92. The van der Waals surface area contributed by atoms with E-state index in [-0.39, 0.29) is 0 Å². The topological polar surface area (TPSA) is 40.2 Å². The van der Waals surface area contributed by atoms with Gasteiger partial charge in [-0.3, -0.25) is 0 Å². The molecule has 0 bridgehead atoms. The molecule has 0 fully saturated rings. The molecule has 0 unspecified atom stereocenters. The van der Waals surface area contributed by atoms with Crippen LogP contribution in [0.15, 0.2) is 48.5 Å². The lowest BCUT2D eigenvalue weighted by atomic mass is 10.2. The molecule has 18 heavy (non-hydrogen) atoms. The van der Waals surface area contributed by atoms with E-state index in [2.05, 4.69) is 0 Å². The molecule has 0 aromatic heterocycles. The molecule has 2 aliphatic heterocycles. The highest BCUT2D eigenvalue weighted by molar-refractivity contribution is 6.43. The van der Waals surface area contributed by atoms with Crippen LogP contribution in [0.2, 0.25) is 0 Å². The summed E-state index contributed by atoms with van der Waals surface area (Å²) in [6, 6.07) is 14.8. The lowest BCUT2D eigenvalue weighted by Crippen LogP contribution is -2.48.